The summed E-state index contributed by atoms with van der Waals surface area (Å²) in [7, 11) is 0. The van der Waals surface area contributed by atoms with Crippen LogP contribution in [0, 0.1) is 0 Å². The molecule has 0 saturated carbocycles. The first-order valence-corrected chi connectivity index (χ1v) is 10.7. The number of thioether (sulfide) groups is 1. The van der Waals surface area contributed by atoms with Crippen molar-refractivity contribution < 1.29 is 4.74 Å². The average Bonchev–Trinajstić information content (AvgIpc) is 2.73. The van der Waals surface area contributed by atoms with E-state index in [1.165, 1.54) is 5.56 Å². The van der Waals surface area contributed by atoms with Gasteiger partial charge in [0.2, 0.25) is 0 Å². The second kappa shape index (κ2) is 11.3. The van der Waals surface area contributed by atoms with Crippen molar-refractivity contribution in [1.29, 1.82) is 0 Å². The molecule has 0 aromatic carbocycles. The van der Waals surface area contributed by atoms with Crippen LogP contribution in [-0.4, -0.2) is 69.9 Å². The Balaban J connectivity index is 1.59. The summed E-state index contributed by atoms with van der Waals surface area (Å²) < 4.78 is 5.45. The van der Waals surface area contributed by atoms with Gasteiger partial charge in [-0.15, -0.1) is 0 Å². The Morgan fingerprint density at radius 1 is 1.11 bits per heavy atom. The van der Waals surface area contributed by atoms with Gasteiger partial charge in [0.15, 0.2) is 5.16 Å². The fourth-order valence-corrected chi connectivity index (χ4v) is 3.66. The number of ether oxygens (including phenoxy) is 1. The molecule has 3 rings (SSSR count). The molecule has 1 saturated heterocycles. The summed E-state index contributed by atoms with van der Waals surface area (Å²) in [5.74, 6) is 1.06. The van der Waals surface area contributed by atoms with E-state index < -0.39 is 0 Å². The highest BCUT2D eigenvalue weighted by molar-refractivity contribution is 7.99. The minimum atomic E-state index is 0.841. The van der Waals surface area contributed by atoms with Crippen molar-refractivity contribution in [3.05, 3.63) is 48.0 Å². The summed E-state index contributed by atoms with van der Waals surface area (Å²) in [6.07, 6.45) is 8.84. The lowest BCUT2D eigenvalue weighted by molar-refractivity contribution is 0.0324. The standard InChI is InChI=1S/C20H29N5OS/c1-2-12-27-20-22-14-19(15-23-20)17-25(16-18-4-3-5-21-13-18)7-6-24-8-10-26-11-9-24/h3-5,13-15H,2,6-12,16-17H2,1H3. The molecular weight excluding hydrogens is 358 g/mol. The van der Waals surface area contributed by atoms with Crippen LogP contribution in [-0.2, 0) is 17.8 Å². The predicted octanol–water partition coefficient (Wildman–Crippen LogP) is 2.71. The molecular formula is C20H29N5OS. The number of morpholine rings is 1. The first-order chi connectivity index (χ1) is 13.3. The van der Waals surface area contributed by atoms with E-state index in [9.17, 15) is 0 Å². The molecule has 1 aliphatic rings. The van der Waals surface area contributed by atoms with Crippen molar-refractivity contribution in [1.82, 2.24) is 24.8 Å². The molecule has 0 unspecified atom stereocenters. The average molecular weight is 388 g/mol. The minimum absolute atomic E-state index is 0.841. The number of hydrogen-bond donors (Lipinski definition) is 0. The molecule has 0 amide bonds. The van der Waals surface area contributed by atoms with Crippen LogP contribution < -0.4 is 0 Å². The van der Waals surface area contributed by atoms with E-state index in [1.807, 2.05) is 30.9 Å². The van der Waals surface area contributed by atoms with Gasteiger partial charge in [0.25, 0.3) is 0 Å². The van der Waals surface area contributed by atoms with Crippen LogP contribution in [0.25, 0.3) is 0 Å². The van der Waals surface area contributed by atoms with E-state index in [2.05, 4.69) is 37.7 Å². The molecule has 1 fully saturated rings. The first kappa shape index (κ1) is 20.2. The SMILES string of the molecule is CCCSc1ncc(CN(CCN2CCOCC2)Cc2cccnc2)cn1. The number of aromatic nitrogens is 3. The molecule has 0 radical (unpaired) electrons. The monoisotopic (exact) mass is 387 g/mol. The Labute approximate surface area is 166 Å². The predicted molar refractivity (Wildman–Crippen MR) is 109 cm³/mol. The quantitative estimate of drug-likeness (QED) is 0.459. The van der Waals surface area contributed by atoms with Gasteiger partial charge in [-0.1, -0.05) is 24.8 Å². The Kier molecular flexibility index (Phi) is 8.48. The van der Waals surface area contributed by atoms with E-state index in [-0.39, 0.29) is 0 Å². The van der Waals surface area contributed by atoms with E-state index in [0.717, 1.165) is 75.4 Å². The van der Waals surface area contributed by atoms with Crippen molar-refractivity contribution in [2.24, 2.45) is 0 Å². The molecule has 1 aliphatic heterocycles. The highest BCUT2D eigenvalue weighted by Crippen LogP contribution is 2.14. The number of pyridine rings is 1. The molecule has 0 spiro atoms. The highest BCUT2D eigenvalue weighted by atomic mass is 32.2. The molecule has 146 valence electrons. The van der Waals surface area contributed by atoms with E-state index in [1.54, 1.807) is 11.8 Å². The fourth-order valence-electron chi connectivity index (χ4n) is 3.02. The summed E-state index contributed by atoms with van der Waals surface area (Å²) >= 11 is 1.72. The second-order valence-electron chi connectivity index (χ2n) is 6.75. The zero-order chi connectivity index (χ0) is 18.7. The molecule has 2 aromatic heterocycles. The van der Waals surface area contributed by atoms with Gasteiger partial charge < -0.3 is 4.74 Å². The first-order valence-electron chi connectivity index (χ1n) is 9.68. The summed E-state index contributed by atoms with van der Waals surface area (Å²) in [5, 5.41) is 0.868. The molecule has 7 heteroatoms. The van der Waals surface area contributed by atoms with Crippen LogP contribution in [0.2, 0.25) is 0 Å². The van der Waals surface area contributed by atoms with Crippen molar-refractivity contribution in [2.45, 2.75) is 31.6 Å². The molecule has 0 atom stereocenters. The molecule has 0 bridgehead atoms. The van der Waals surface area contributed by atoms with Crippen LogP contribution in [0.1, 0.15) is 24.5 Å². The van der Waals surface area contributed by atoms with Crippen molar-refractivity contribution >= 4 is 11.8 Å². The van der Waals surface area contributed by atoms with Gasteiger partial charge in [-0.25, -0.2) is 9.97 Å². The number of nitrogens with zero attached hydrogens (tertiary/aromatic N) is 5. The van der Waals surface area contributed by atoms with Crippen molar-refractivity contribution in [2.75, 3.05) is 45.1 Å². The maximum absolute atomic E-state index is 5.45. The molecule has 2 aromatic rings. The van der Waals surface area contributed by atoms with Gasteiger partial charge in [0, 0.05) is 75.4 Å². The van der Waals surface area contributed by atoms with Gasteiger partial charge in [-0.05, 0) is 18.1 Å². The third-order valence-electron chi connectivity index (χ3n) is 4.49. The van der Waals surface area contributed by atoms with E-state index in [4.69, 9.17) is 4.74 Å². The largest absolute Gasteiger partial charge is 0.379 e. The zero-order valence-electron chi connectivity index (χ0n) is 16.1. The highest BCUT2D eigenvalue weighted by Gasteiger charge is 2.14. The molecule has 6 nitrogen and oxygen atoms in total. The van der Waals surface area contributed by atoms with Crippen LogP contribution >= 0.6 is 11.8 Å². The maximum atomic E-state index is 5.45. The van der Waals surface area contributed by atoms with Crippen LogP contribution in [0.5, 0.6) is 0 Å². The Morgan fingerprint density at radius 3 is 2.59 bits per heavy atom. The molecule has 0 aliphatic carbocycles. The van der Waals surface area contributed by atoms with Gasteiger partial charge in [0.1, 0.15) is 0 Å². The van der Waals surface area contributed by atoms with Gasteiger partial charge in [0.05, 0.1) is 13.2 Å². The third kappa shape index (κ3) is 7.18. The van der Waals surface area contributed by atoms with E-state index >= 15 is 0 Å². The minimum Gasteiger partial charge on any atom is -0.379 e. The normalized spacial score (nSPS) is 15.3. The lowest BCUT2D eigenvalue weighted by Gasteiger charge is -2.30. The summed E-state index contributed by atoms with van der Waals surface area (Å²) in [6, 6.07) is 4.13. The summed E-state index contributed by atoms with van der Waals surface area (Å²) in [4.78, 5) is 18.2. The third-order valence-corrected chi connectivity index (χ3v) is 5.57. The topological polar surface area (TPSA) is 54.4 Å². The fraction of sp³-hybridized carbons (Fsp3) is 0.550. The second-order valence-corrected chi connectivity index (χ2v) is 7.81. The van der Waals surface area contributed by atoms with Gasteiger partial charge >= 0.3 is 0 Å². The molecule has 0 N–H and O–H groups in total. The smallest absolute Gasteiger partial charge is 0.187 e. The van der Waals surface area contributed by atoms with Crippen molar-refractivity contribution in [3.8, 4) is 0 Å². The zero-order valence-corrected chi connectivity index (χ0v) is 16.9. The lowest BCUT2D eigenvalue weighted by atomic mass is 10.2. The molecule has 3 heterocycles. The Morgan fingerprint density at radius 2 is 1.89 bits per heavy atom. The lowest BCUT2D eigenvalue weighted by Crippen LogP contribution is -2.41. The van der Waals surface area contributed by atoms with Gasteiger partial charge in [-0.2, -0.15) is 0 Å². The van der Waals surface area contributed by atoms with Crippen LogP contribution in [0.4, 0.5) is 0 Å². The van der Waals surface area contributed by atoms with Crippen LogP contribution in [0.15, 0.2) is 42.1 Å². The number of hydrogen-bond acceptors (Lipinski definition) is 7. The van der Waals surface area contributed by atoms with Crippen molar-refractivity contribution in [3.63, 3.8) is 0 Å². The Bertz CT molecular complexity index is 649. The van der Waals surface area contributed by atoms with E-state index in [0.29, 0.717) is 0 Å². The molecule has 27 heavy (non-hydrogen) atoms. The number of rotatable bonds is 10. The summed E-state index contributed by atoms with van der Waals surface area (Å²) in [6.45, 7) is 9.67. The summed E-state index contributed by atoms with van der Waals surface area (Å²) in [5.41, 5.74) is 2.39. The Hall–Kier alpha value is -1.54. The van der Waals surface area contributed by atoms with Gasteiger partial charge in [-0.3, -0.25) is 14.8 Å². The van der Waals surface area contributed by atoms with Crippen LogP contribution in [0.3, 0.4) is 0 Å². The maximum Gasteiger partial charge on any atom is 0.187 e.